The smallest absolute Gasteiger partial charge is 0.175 e. The monoisotopic (exact) mass is 467 g/mol. The minimum Gasteiger partial charge on any atom is -0.490 e. The molecule has 2 aromatic carbocycles. The van der Waals surface area contributed by atoms with E-state index < -0.39 is 0 Å². The van der Waals surface area contributed by atoms with Crippen molar-refractivity contribution in [1.82, 2.24) is 4.90 Å². The van der Waals surface area contributed by atoms with Crippen molar-refractivity contribution in [2.75, 3.05) is 33.4 Å². The van der Waals surface area contributed by atoms with Crippen LogP contribution in [0, 0.1) is 3.57 Å². The Labute approximate surface area is 169 Å². The maximum atomic E-state index is 6.56. The third kappa shape index (κ3) is 4.90. The molecule has 0 bridgehead atoms. The van der Waals surface area contributed by atoms with Gasteiger partial charge in [0, 0.05) is 13.1 Å². The summed E-state index contributed by atoms with van der Waals surface area (Å²) in [4.78, 5) is 2.29. The predicted molar refractivity (Wildman–Crippen MR) is 112 cm³/mol. The summed E-state index contributed by atoms with van der Waals surface area (Å²) in [6, 6.07) is 16.3. The third-order valence-corrected chi connectivity index (χ3v) is 5.25. The lowest BCUT2D eigenvalue weighted by molar-refractivity contribution is -0.0766. The van der Waals surface area contributed by atoms with E-state index in [2.05, 4.69) is 53.6 Å². The topological polar surface area (TPSA) is 30.9 Å². The second-order valence-electron chi connectivity index (χ2n) is 6.54. The Bertz CT molecular complexity index is 695. The standard InChI is InChI=1S/C21H26INO3/c1-3-13-24-18-11-7-10-17(22)21(18)26-20(16-8-5-4-6-9-16)19-15-23(2)12-14-25-19/h4-11,19-20H,3,12-15H2,1-2H3/t19?,20-/m0/s1. The zero-order chi connectivity index (χ0) is 18.4. The zero-order valence-corrected chi connectivity index (χ0v) is 17.5. The summed E-state index contributed by atoms with van der Waals surface area (Å²) < 4.78 is 19.6. The fourth-order valence-corrected chi connectivity index (χ4v) is 3.65. The largest absolute Gasteiger partial charge is 0.490 e. The average Bonchev–Trinajstić information content (AvgIpc) is 2.66. The molecule has 2 atom stereocenters. The Hall–Kier alpha value is -1.31. The minimum atomic E-state index is -0.182. The molecular formula is C21H26INO3. The van der Waals surface area contributed by atoms with Gasteiger partial charge in [0.2, 0.25) is 0 Å². The van der Waals surface area contributed by atoms with Gasteiger partial charge in [-0.15, -0.1) is 0 Å². The molecule has 0 N–H and O–H groups in total. The molecule has 1 aliphatic heterocycles. The number of rotatable bonds is 7. The molecule has 0 aromatic heterocycles. The van der Waals surface area contributed by atoms with Crippen LogP contribution in [0.15, 0.2) is 48.5 Å². The van der Waals surface area contributed by atoms with Crippen LogP contribution in [0.4, 0.5) is 0 Å². The van der Waals surface area contributed by atoms with Crippen LogP contribution in [0.25, 0.3) is 0 Å². The SMILES string of the molecule is CCCOc1cccc(I)c1O[C@@H](c1ccccc1)C1CN(C)CCO1. The maximum Gasteiger partial charge on any atom is 0.175 e. The highest BCUT2D eigenvalue weighted by Gasteiger charge is 2.31. The molecule has 1 aliphatic rings. The molecule has 1 heterocycles. The van der Waals surface area contributed by atoms with Gasteiger partial charge in [-0.1, -0.05) is 43.3 Å². The van der Waals surface area contributed by atoms with Crippen molar-refractivity contribution in [3.63, 3.8) is 0 Å². The van der Waals surface area contributed by atoms with Crippen molar-refractivity contribution in [1.29, 1.82) is 0 Å². The van der Waals surface area contributed by atoms with Crippen LogP contribution >= 0.6 is 22.6 Å². The molecule has 2 aromatic rings. The van der Waals surface area contributed by atoms with E-state index >= 15 is 0 Å². The van der Waals surface area contributed by atoms with E-state index in [0.717, 1.165) is 46.7 Å². The predicted octanol–water partition coefficient (Wildman–Crippen LogP) is 4.53. The first-order valence-corrected chi connectivity index (χ1v) is 10.2. The second-order valence-corrected chi connectivity index (χ2v) is 7.70. The normalized spacial score (nSPS) is 19.1. The van der Waals surface area contributed by atoms with Crippen molar-refractivity contribution in [2.24, 2.45) is 0 Å². The number of ether oxygens (including phenoxy) is 3. The summed E-state index contributed by atoms with van der Waals surface area (Å²) in [5.74, 6) is 1.59. The van der Waals surface area contributed by atoms with Crippen LogP contribution in [0.5, 0.6) is 11.5 Å². The van der Waals surface area contributed by atoms with Crippen molar-refractivity contribution < 1.29 is 14.2 Å². The van der Waals surface area contributed by atoms with Crippen molar-refractivity contribution in [3.05, 3.63) is 57.7 Å². The zero-order valence-electron chi connectivity index (χ0n) is 15.4. The van der Waals surface area contributed by atoms with Crippen molar-refractivity contribution in [2.45, 2.75) is 25.6 Å². The number of para-hydroxylation sites is 1. The van der Waals surface area contributed by atoms with Gasteiger partial charge in [0.1, 0.15) is 6.10 Å². The van der Waals surface area contributed by atoms with E-state index in [4.69, 9.17) is 14.2 Å². The average molecular weight is 467 g/mol. The molecule has 0 aliphatic carbocycles. The lowest BCUT2D eigenvalue weighted by Crippen LogP contribution is -2.44. The molecule has 1 fully saturated rings. The Morgan fingerprint density at radius 1 is 1.19 bits per heavy atom. The van der Waals surface area contributed by atoms with Gasteiger partial charge in [0.05, 0.1) is 16.8 Å². The highest BCUT2D eigenvalue weighted by molar-refractivity contribution is 14.1. The summed E-state index contributed by atoms with van der Waals surface area (Å²) in [5, 5.41) is 0. The number of nitrogens with zero attached hydrogens (tertiary/aromatic N) is 1. The Morgan fingerprint density at radius 2 is 2.00 bits per heavy atom. The molecule has 5 heteroatoms. The molecule has 0 spiro atoms. The maximum absolute atomic E-state index is 6.56. The molecular weight excluding hydrogens is 441 g/mol. The van der Waals surface area contributed by atoms with Gasteiger partial charge in [-0.3, -0.25) is 0 Å². The number of halogens is 1. The van der Waals surface area contributed by atoms with Gasteiger partial charge in [0.25, 0.3) is 0 Å². The van der Waals surface area contributed by atoms with Gasteiger partial charge in [-0.2, -0.15) is 0 Å². The number of hydrogen-bond donors (Lipinski definition) is 0. The number of morpholine rings is 1. The quantitative estimate of drug-likeness (QED) is 0.560. The molecule has 3 rings (SSSR count). The fraction of sp³-hybridized carbons (Fsp3) is 0.429. The van der Waals surface area contributed by atoms with E-state index in [0.29, 0.717) is 6.61 Å². The summed E-state index contributed by atoms with van der Waals surface area (Å²) in [6.45, 7) is 5.29. The van der Waals surface area contributed by atoms with Crippen LogP contribution < -0.4 is 9.47 Å². The first-order valence-electron chi connectivity index (χ1n) is 9.12. The van der Waals surface area contributed by atoms with E-state index in [-0.39, 0.29) is 12.2 Å². The fourth-order valence-electron chi connectivity index (χ4n) is 3.05. The van der Waals surface area contributed by atoms with Crippen LogP contribution in [-0.2, 0) is 4.74 Å². The minimum absolute atomic E-state index is 0.0221. The van der Waals surface area contributed by atoms with Gasteiger partial charge >= 0.3 is 0 Å². The van der Waals surface area contributed by atoms with Gasteiger partial charge in [-0.25, -0.2) is 0 Å². The van der Waals surface area contributed by atoms with Crippen LogP contribution in [-0.4, -0.2) is 44.4 Å². The first kappa shape index (κ1) is 19.5. The van der Waals surface area contributed by atoms with Gasteiger partial charge in [-0.05, 0) is 53.8 Å². The summed E-state index contributed by atoms with van der Waals surface area (Å²) in [7, 11) is 2.12. The molecule has 140 valence electrons. The van der Waals surface area contributed by atoms with Crippen molar-refractivity contribution >= 4 is 22.6 Å². The van der Waals surface area contributed by atoms with E-state index in [1.165, 1.54) is 0 Å². The van der Waals surface area contributed by atoms with Crippen LogP contribution in [0.2, 0.25) is 0 Å². The summed E-state index contributed by atoms with van der Waals surface area (Å²) in [5.41, 5.74) is 1.12. The number of benzene rings is 2. The molecule has 1 saturated heterocycles. The second kappa shape index (κ2) is 9.58. The Kier molecular flexibility index (Phi) is 7.16. The summed E-state index contributed by atoms with van der Waals surface area (Å²) >= 11 is 2.31. The highest BCUT2D eigenvalue weighted by atomic mass is 127. The Morgan fingerprint density at radius 3 is 2.73 bits per heavy atom. The molecule has 1 unspecified atom stereocenters. The lowest BCUT2D eigenvalue weighted by atomic mass is 10.0. The summed E-state index contributed by atoms with van der Waals surface area (Å²) in [6.07, 6.45) is 0.758. The van der Waals surface area contributed by atoms with Gasteiger partial charge < -0.3 is 19.1 Å². The molecule has 0 radical (unpaired) electrons. The highest BCUT2D eigenvalue weighted by Crippen LogP contribution is 2.37. The van der Waals surface area contributed by atoms with Gasteiger partial charge in [0.15, 0.2) is 17.6 Å². The van der Waals surface area contributed by atoms with E-state index in [1.54, 1.807) is 0 Å². The molecule has 4 nitrogen and oxygen atoms in total. The third-order valence-electron chi connectivity index (χ3n) is 4.40. The van der Waals surface area contributed by atoms with Crippen LogP contribution in [0.1, 0.15) is 25.0 Å². The number of likely N-dealkylation sites (N-methyl/N-ethyl adjacent to an activating group) is 1. The van der Waals surface area contributed by atoms with E-state index in [1.807, 2.05) is 36.4 Å². The van der Waals surface area contributed by atoms with Crippen molar-refractivity contribution in [3.8, 4) is 11.5 Å². The molecule has 26 heavy (non-hydrogen) atoms. The molecule has 0 saturated carbocycles. The van der Waals surface area contributed by atoms with Crippen LogP contribution in [0.3, 0.4) is 0 Å². The molecule has 0 amide bonds. The Balaban J connectivity index is 1.91. The van der Waals surface area contributed by atoms with E-state index in [9.17, 15) is 0 Å². The number of hydrogen-bond acceptors (Lipinski definition) is 4. The first-order chi connectivity index (χ1) is 12.7. The lowest BCUT2D eigenvalue weighted by Gasteiger charge is -2.35.